The molecular weight excluding hydrogens is 323 g/mol. The summed E-state index contributed by atoms with van der Waals surface area (Å²) >= 11 is 0.999. The molecule has 0 heterocycles. The molecule has 1 N–H and O–H groups in total. The number of benzene rings is 2. The molecule has 0 unspecified atom stereocenters. The first-order valence-electron chi connectivity index (χ1n) is 6.44. The molecule has 0 atom stereocenters. The summed E-state index contributed by atoms with van der Waals surface area (Å²) in [5, 5.41) is 10.6. The van der Waals surface area contributed by atoms with Crippen molar-refractivity contribution in [2.45, 2.75) is 23.1 Å². The summed E-state index contributed by atoms with van der Waals surface area (Å²) in [5.41, 5.74) is 1.12. The van der Waals surface area contributed by atoms with E-state index < -0.39 is 20.7 Å². The maximum atomic E-state index is 13.7. The van der Waals surface area contributed by atoms with Crippen molar-refractivity contribution in [2.24, 2.45) is 0 Å². The Hall–Kier alpha value is -2.04. The molecule has 114 valence electrons. The molecule has 0 aliphatic heterocycles. The number of nitriles is 1. The van der Waals surface area contributed by atoms with Gasteiger partial charge in [0.1, 0.15) is 16.1 Å². The van der Waals surface area contributed by atoms with Gasteiger partial charge >= 0.3 is 0 Å². The van der Waals surface area contributed by atoms with Crippen LogP contribution < -0.4 is 4.72 Å². The van der Waals surface area contributed by atoms with E-state index in [1.165, 1.54) is 18.2 Å². The Morgan fingerprint density at radius 1 is 1.27 bits per heavy atom. The number of nitrogens with zero attached hydrogens (tertiary/aromatic N) is 1. The Bertz CT molecular complexity index is 830. The van der Waals surface area contributed by atoms with Gasteiger partial charge < -0.3 is 0 Å². The average Bonchev–Trinajstić information content (AvgIpc) is 2.49. The van der Waals surface area contributed by atoms with E-state index in [9.17, 15) is 12.8 Å². The molecule has 0 aliphatic carbocycles. The minimum absolute atomic E-state index is 0.382. The zero-order valence-corrected chi connectivity index (χ0v) is 13.3. The van der Waals surface area contributed by atoms with Crippen LogP contribution in [0.4, 0.5) is 10.1 Å². The number of rotatable bonds is 5. The molecule has 4 nitrogen and oxygen atoms in total. The molecule has 0 aliphatic rings. The topological polar surface area (TPSA) is 70.0 Å². The molecule has 7 heteroatoms. The number of halogens is 1. The van der Waals surface area contributed by atoms with Crippen LogP contribution in [0.3, 0.4) is 0 Å². The molecule has 2 rings (SSSR count). The average molecular weight is 336 g/mol. The largest absolute Gasteiger partial charge is 0.279 e. The van der Waals surface area contributed by atoms with Crippen molar-refractivity contribution in [2.75, 3.05) is 4.72 Å². The number of thiocyanates is 1. The van der Waals surface area contributed by atoms with Gasteiger partial charge in [-0.3, -0.25) is 4.72 Å². The van der Waals surface area contributed by atoms with Crippen molar-refractivity contribution >= 4 is 27.5 Å². The van der Waals surface area contributed by atoms with Gasteiger partial charge in [-0.25, -0.2) is 12.8 Å². The molecule has 22 heavy (non-hydrogen) atoms. The molecule has 2 aromatic rings. The Morgan fingerprint density at radius 2 is 2.00 bits per heavy atom. The lowest BCUT2D eigenvalue weighted by Gasteiger charge is -2.13. The lowest BCUT2D eigenvalue weighted by Crippen LogP contribution is -2.15. The lowest BCUT2D eigenvalue weighted by atomic mass is 10.1. The van der Waals surface area contributed by atoms with E-state index in [0.29, 0.717) is 12.1 Å². The fourth-order valence-electron chi connectivity index (χ4n) is 1.94. The quantitative estimate of drug-likeness (QED) is 0.666. The summed E-state index contributed by atoms with van der Waals surface area (Å²) in [6.45, 7) is 1.87. The van der Waals surface area contributed by atoms with Crippen molar-refractivity contribution in [1.82, 2.24) is 0 Å². The number of nitrogens with one attached hydrogen (secondary N) is 1. The van der Waals surface area contributed by atoms with Gasteiger partial charge in [0.25, 0.3) is 10.0 Å². The first kappa shape index (κ1) is 16.3. The Kier molecular flexibility index (Phi) is 5.06. The number of hydrogen-bond acceptors (Lipinski definition) is 4. The van der Waals surface area contributed by atoms with E-state index in [1.54, 1.807) is 18.2 Å². The van der Waals surface area contributed by atoms with Gasteiger partial charge in [0.05, 0.1) is 5.69 Å². The summed E-state index contributed by atoms with van der Waals surface area (Å²) in [4.78, 5) is 0.334. The first-order valence-corrected chi connectivity index (χ1v) is 8.74. The minimum atomic E-state index is -4.00. The first-order chi connectivity index (χ1) is 10.5. The van der Waals surface area contributed by atoms with Gasteiger partial charge in [-0.15, -0.1) is 0 Å². The predicted octanol–water partition coefficient (Wildman–Crippen LogP) is 3.76. The highest BCUT2D eigenvalue weighted by molar-refractivity contribution is 8.03. The number of hydrogen-bond donors (Lipinski definition) is 1. The fourth-order valence-corrected chi connectivity index (χ4v) is 3.56. The van der Waals surface area contributed by atoms with Crippen molar-refractivity contribution in [3.05, 3.63) is 53.8 Å². The van der Waals surface area contributed by atoms with E-state index in [4.69, 9.17) is 5.26 Å². The maximum Gasteiger partial charge on any atom is 0.264 e. The summed E-state index contributed by atoms with van der Waals surface area (Å²) in [5.74, 6) is -0.801. The second-order valence-corrected chi connectivity index (χ2v) is 6.91. The van der Waals surface area contributed by atoms with Crippen molar-refractivity contribution in [3.8, 4) is 5.40 Å². The number of anilines is 1. The Morgan fingerprint density at radius 3 is 2.64 bits per heavy atom. The maximum absolute atomic E-state index is 13.7. The van der Waals surface area contributed by atoms with E-state index in [-0.39, 0.29) is 0 Å². The van der Waals surface area contributed by atoms with Gasteiger partial charge in [-0.2, -0.15) is 5.26 Å². The van der Waals surface area contributed by atoms with Gasteiger partial charge in [-0.05, 0) is 54.1 Å². The Labute approximate surface area is 133 Å². The van der Waals surface area contributed by atoms with Crippen LogP contribution in [-0.2, 0) is 16.4 Å². The van der Waals surface area contributed by atoms with Crippen LogP contribution in [0.1, 0.15) is 12.5 Å². The lowest BCUT2D eigenvalue weighted by molar-refractivity contribution is 0.570. The molecule has 0 aromatic heterocycles. The third-order valence-electron chi connectivity index (χ3n) is 2.99. The highest BCUT2D eigenvalue weighted by Crippen LogP contribution is 2.27. The highest BCUT2D eigenvalue weighted by atomic mass is 32.2. The van der Waals surface area contributed by atoms with Crippen LogP contribution in [0.25, 0.3) is 0 Å². The zero-order chi connectivity index (χ0) is 16.2. The standard InChI is InChI=1S/C15H13FN2O2S2/c1-2-11-9-12(21-10-17)7-8-14(11)18-22(19,20)15-6-4-3-5-13(15)16/h3-9,18H,2H2,1H3. The predicted molar refractivity (Wildman–Crippen MR) is 84.5 cm³/mol. The SMILES string of the molecule is CCc1cc(SC#N)ccc1NS(=O)(=O)c1ccccc1F. The third-order valence-corrected chi connectivity index (χ3v) is 4.97. The van der Waals surface area contributed by atoms with Crippen molar-refractivity contribution in [1.29, 1.82) is 5.26 Å². The summed E-state index contributed by atoms with van der Waals surface area (Å²) in [6, 6.07) is 10.2. The van der Waals surface area contributed by atoms with E-state index in [0.717, 1.165) is 28.3 Å². The van der Waals surface area contributed by atoms with Gasteiger partial charge in [-0.1, -0.05) is 19.1 Å². The number of thioether (sulfide) groups is 1. The second-order valence-electron chi connectivity index (χ2n) is 4.40. The molecule has 2 aromatic carbocycles. The van der Waals surface area contributed by atoms with E-state index >= 15 is 0 Å². The molecular formula is C15H13FN2O2S2. The summed E-state index contributed by atoms with van der Waals surface area (Å²) < 4.78 is 40.7. The zero-order valence-electron chi connectivity index (χ0n) is 11.7. The third kappa shape index (κ3) is 3.59. The molecule has 0 fully saturated rings. The van der Waals surface area contributed by atoms with Crippen LogP contribution >= 0.6 is 11.8 Å². The molecule has 0 amide bonds. The van der Waals surface area contributed by atoms with Crippen molar-refractivity contribution < 1.29 is 12.8 Å². The van der Waals surface area contributed by atoms with Gasteiger partial charge in [0.15, 0.2) is 0 Å². The fraction of sp³-hybridized carbons (Fsp3) is 0.133. The normalized spacial score (nSPS) is 11.0. The number of aryl methyl sites for hydroxylation is 1. The van der Waals surface area contributed by atoms with Crippen LogP contribution in [0, 0.1) is 16.5 Å². The minimum Gasteiger partial charge on any atom is -0.279 e. The molecule has 0 saturated heterocycles. The van der Waals surface area contributed by atoms with Crippen LogP contribution in [-0.4, -0.2) is 8.42 Å². The van der Waals surface area contributed by atoms with Crippen LogP contribution in [0.5, 0.6) is 0 Å². The summed E-state index contributed by atoms with van der Waals surface area (Å²) in [7, 11) is -4.00. The summed E-state index contributed by atoms with van der Waals surface area (Å²) in [6.07, 6.45) is 0.578. The van der Waals surface area contributed by atoms with Crippen molar-refractivity contribution in [3.63, 3.8) is 0 Å². The Balaban J connectivity index is 2.38. The molecule has 0 bridgehead atoms. The number of sulfonamides is 1. The molecule has 0 saturated carbocycles. The monoisotopic (exact) mass is 336 g/mol. The molecule has 0 radical (unpaired) electrons. The van der Waals surface area contributed by atoms with Crippen LogP contribution in [0.2, 0.25) is 0 Å². The van der Waals surface area contributed by atoms with E-state index in [2.05, 4.69) is 4.72 Å². The molecule has 0 spiro atoms. The smallest absolute Gasteiger partial charge is 0.264 e. The van der Waals surface area contributed by atoms with Crippen LogP contribution in [0.15, 0.2) is 52.3 Å². The highest BCUT2D eigenvalue weighted by Gasteiger charge is 2.19. The van der Waals surface area contributed by atoms with Gasteiger partial charge in [0.2, 0.25) is 0 Å². The second kappa shape index (κ2) is 6.81. The van der Waals surface area contributed by atoms with Gasteiger partial charge in [0, 0.05) is 4.90 Å². The van der Waals surface area contributed by atoms with E-state index in [1.807, 2.05) is 12.3 Å².